The second-order valence-corrected chi connectivity index (χ2v) is 6.19. The summed E-state index contributed by atoms with van der Waals surface area (Å²) in [5.41, 5.74) is 2.66. The lowest BCUT2D eigenvalue weighted by Crippen LogP contribution is -2.04. The Hall–Kier alpha value is -1.78. The van der Waals surface area contributed by atoms with E-state index in [1.165, 1.54) is 4.88 Å². The molecule has 0 amide bonds. The van der Waals surface area contributed by atoms with Gasteiger partial charge in [-0.25, -0.2) is 4.98 Å². The van der Waals surface area contributed by atoms with E-state index in [0.29, 0.717) is 12.1 Å². The molecule has 2 aromatic heterocycles. The molecule has 102 valence electrons. The molecular weight excluding hydrogens is 268 g/mol. The second-order valence-electron chi connectivity index (χ2n) is 4.90. The SMILES string of the molecule is Cc1nc(CC(O)c2ccc3ccccc3n2)sc1C. The third-order valence-corrected chi connectivity index (χ3v) is 4.50. The van der Waals surface area contributed by atoms with Crippen LogP contribution in [0.4, 0.5) is 0 Å². The van der Waals surface area contributed by atoms with Crippen molar-refractivity contribution in [2.45, 2.75) is 26.4 Å². The van der Waals surface area contributed by atoms with Crippen molar-refractivity contribution in [3.05, 3.63) is 57.7 Å². The standard InChI is InChI=1S/C16H16N2OS/c1-10-11(2)20-16(17-10)9-15(19)14-8-7-12-5-3-4-6-13(12)18-14/h3-8,15,19H,9H2,1-2H3. The van der Waals surface area contributed by atoms with Crippen molar-refractivity contribution in [1.82, 2.24) is 9.97 Å². The molecule has 0 aliphatic carbocycles. The lowest BCUT2D eigenvalue weighted by Gasteiger charge is -2.09. The van der Waals surface area contributed by atoms with Crippen molar-refractivity contribution in [2.24, 2.45) is 0 Å². The van der Waals surface area contributed by atoms with Gasteiger partial charge < -0.3 is 5.11 Å². The molecule has 0 radical (unpaired) electrons. The van der Waals surface area contributed by atoms with Gasteiger partial charge in [-0.1, -0.05) is 24.3 Å². The molecule has 0 bridgehead atoms. The number of fused-ring (bicyclic) bond motifs is 1. The quantitative estimate of drug-likeness (QED) is 0.799. The van der Waals surface area contributed by atoms with E-state index in [1.54, 1.807) is 11.3 Å². The summed E-state index contributed by atoms with van der Waals surface area (Å²) in [6, 6.07) is 11.8. The summed E-state index contributed by atoms with van der Waals surface area (Å²) in [4.78, 5) is 10.2. The first-order valence-corrected chi connectivity index (χ1v) is 7.42. The molecule has 3 aromatic rings. The van der Waals surface area contributed by atoms with Gasteiger partial charge in [0.25, 0.3) is 0 Å². The number of aromatic nitrogens is 2. The van der Waals surface area contributed by atoms with Gasteiger partial charge in [0.15, 0.2) is 0 Å². The van der Waals surface area contributed by atoms with Gasteiger partial charge in [0.05, 0.1) is 21.9 Å². The Kier molecular flexibility index (Phi) is 3.51. The summed E-state index contributed by atoms with van der Waals surface area (Å²) in [6.45, 7) is 4.05. The van der Waals surface area contributed by atoms with Gasteiger partial charge in [-0.05, 0) is 26.0 Å². The fourth-order valence-electron chi connectivity index (χ4n) is 2.16. The van der Waals surface area contributed by atoms with Crippen molar-refractivity contribution >= 4 is 22.2 Å². The summed E-state index contributed by atoms with van der Waals surface area (Å²) in [5, 5.41) is 12.4. The average Bonchev–Trinajstić information content (AvgIpc) is 2.76. The van der Waals surface area contributed by atoms with Crippen LogP contribution in [0.1, 0.15) is 27.4 Å². The molecule has 3 nitrogen and oxygen atoms in total. The van der Waals surface area contributed by atoms with E-state index in [0.717, 1.165) is 21.6 Å². The van der Waals surface area contributed by atoms with Gasteiger partial charge in [-0.15, -0.1) is 11.3 Å². The number of benzene rings is 1. The molecule has 2 heterocycles. The molecule has 1 aromatic carbocycles. The lowest BCUT2D eigenvalue weighted by molar-refractivity contribution is 0.174. The number of aryl methyl sites for hydroxylation is 2. The van der Waals surface area contributed by atoms with Crippen LogP contribution in [0.15, 0.2) is 36.4 Å². The second kappa shape index (κ2) is 5.31. The summed E-state index contributed by atoms with van der Waals surface area (Å²) < 4.78 is 0. The van der Waals surface area contributed by atoms with Crippen LogP contribution in [-0.4, -0.2) is 15.1 Å². The molecule has 1 unspecified atom stereocenters. The fraction of sp³-hybridized carbons (Fsp3) is 0.250. The summed E-state index contributed by atoms with van der Waals surface area (Å²) in [6.07, 6.45) is -0.0884. The van der Waals surface area contributed by atoms with Crippen molar-refractivity contribution in [3.63, 3.8) is 0 Å². The zero-order valence-corrected chi connectivity index (χ0v) is 12.3. The molecule has 0 saturated heterocycles. The molecule has 4 heteroatoms. The molecule has 0 aliphatic rings. The number of aliphatic hydroxyl groups is 1. The Morgan fingerprint density at radius 2 is 1.90 bits per heavy atom. The minimum absolute atomic E-state index is 0.519. The zero-order chi connectivity index (χ0) is 14.1. The number of nitrogens with zero attached hydrogens (tertiary/aromatic N) is 2. The van der Waals surface area contributed by atoms with E-state index >= 15 is 0 Å². The highest BCUT2D eigenvalue weighted by Gasteiger charge is 2.14. The maximum Gasteiger partial charge on any atom is 0.102 e. The Labute approximate surface area is 122 Å². The van der Waals surface area contributed by atoms with Crippen LogP contribution in [-0.2, 0) is 6.42 Å². The normalized spacial score (nSPS) is 12.8. The predicted octanol–water partition coefficient (Wildman–Crippen LogP) is 3.58. The number of para-hydroxylation sites is 1. The molecule has 0 spiro atoms. The third kappa shape index (κ3) is 2.57. The topological polar surface area (TPSA) is 46.0 Å². The van der Waals surface area contributed by atoms with Gasteiger partial charge in [-0.2, -0.15) is 0 Å². The van der Waals surface area contributed by atoms with Crippen LogP contribution in [0.3, 0.4) is 0 Å². The average molecular weight is 284 g/mol. The van der Waals surface area contributed by atoms with Crippen LogP contribution in [0.25, 0.3) is 10.9 Å². The maximum atomic E-state index is 10.3. The molecule has 0 aliphatic heterocycles. The smallest absolute Gasteiger partial charge is 0.102 e. The molecular formula is C16H16N2OS. The number of aliphatic hydroxyl groups excluding tert-OH is 1. The zero-order valence-electron chi connectivity index (χ0n) is 11.5. The van der Waals surface area contributed by atoms with E-state index in [9.17, 15) is 5.11 Å². The number of rotatable bonds is 3. The van der Waals surface area contributed by atoms with Crippen LogP contribution < -0.4 is 0 Å². The minimum Gasteiger partial charge on any atom is -0.386 e. The molecule has 0 saturated carbocycles. The first kappa shape index (κ1) is 13.2. The summed E-state index contributed by atoms with van der Waals surface area (Å²) >= 11 is 1.64. The van der Waals surface area contributed by atoms with Crippen molar-refractivity contribution in [3.8, 4) is 0 Å². The Balaban J connectivity index is 1.86. The van der Waals surface area contributed by atoms with Crippen LogP contribution in [0, 0.1) is 13.8 Å². The minimum atomic E-state index is -0.607. The number of thiazole rings is 1. The van der Waals surface area contributed by atoms with E-state index in [-0.39, 0.29) is 0 Å². The van der Waals surface area contributed by atoms with Gasteiger partial charge >= 0.3 is 0 Å². The Bertz CT molecular complexity index is 732. The highest BCUT2D eigenvalue weighted by atomic mass is 32.1. The maximum absolute atomic E-state index is 10.3. The number of hydrogen-bond donors (Lipinski definition) is 1. The van der Waals surface area contributed by atoms with Crippen LogP contribution in [0.2, 0.25) is 0 Å². The number of pyridine rings is 1. The van der Waals surface area contributed by atoms with Gasteiger partial charge in [0.1, 0.15) is 6.10 Å². The van der Waals surface area contributed by atoms with Crippen molar-refractivity contribution in [1.29, 1.82) is 0 Å². The first-order valence-electron chi connectivity index (χ1n) is 6.60. The van der Waals surface area contributed by atoms with Crippen LogP contribution in [0.5, 0.6) is 0 Å². The largest absolute Gasteiger partial charge is 0.386 e. The predicted molar refractivity (Wildman–Crippen MR) is 82.0 cm³/mol. The van der Waals surface area contributed by atoms with E-state index in [4.69, 9.17) is 0 Å². The highest BCUT2D eigenvalue weighted by Crippen LogP contribution is 2.23. The van der Waals surface area contributed by atoms with Gasteiger partial charge in [0, 0.05) is 16.7 Å². The van der Waals surface area contributed by atoms with Crippen LogP contribution >= 0.6 is 11.3 Å². The highest BCUT2D eigenvalue weighted by molar-refractivity contribution is 7.11. The Morgan fingerprint density at radius 3 is 2.65 bits per heavy atom. The lowest BCUT2D eigenvalue weighted by atomic mass is 10.1. The molecule has 1 atom stereocenters. The van der Waals surface area contributed by atoms with E-state index in [1.807, 2.05) is 43.3 Å². The fourth-order valence-corrected chi connectivity index (χ4v) is 3.13. The van der Waals surface area contributed by atoms with Gasteiger partial charge in [-0.3, -0.25) is 4.98 Å². The first-order chi connectivity index (χ1) is 9.63. The third-order valence-electron chi connectivity index (χ3n) is 3.40. The van der Waals surface area contributed by atoms with E-state index < -0.39 is 6.10 Å². The van der Waals surface area contributed by atoms with Gasteiger partial charge in [0.2, 0.25) is 0 Å². The molecule has 3 rings (SSSR count). The monoisotopic (exact) mass is 284 g/mol. The van der Waals surface area contributed by atoms with Crippen molar-refractivity contribution < 1.29 is 5.11 Å². The Morgan fingerprint density at radius 1 is 1.10 bits per heavy atom. The molecule has 0 fully saturated rings. The molecule has 20 heavy (non-hydrogen) atoms. The summed E-state index contributed by atoms with van der Waals surface area (Å²) in [5.74, 6) is 0. The summed E-state index contributed by atoms with van der Waals surface area (Å²) in [7, 11) is 0. The number of hydrogen-bond acceptors (Lipinski definition) is 4. The van der Waals surface area contributed by atoms with E-state index in [2.05, 4.69) is 16.9 Å². The molecule has 1 N–H and O–H groups in total. The van der Waals surface area contributed by atoms with Crippen molar-refractivity contribution in [2.75, 3.05) is 0 Å².